The molecule has 0 aliphatic heterocycles. The lowest BCUT2D eigenvalue weighted by Gasteiger charge is -2.21. The molecule has 0 spiro atoms. The van der Waals surface area contributed by atoms with Crippen LogP contribution in [0.15, 0.2) is 5.11 Å². The maximum absolute atomic E-state index is 6.99. The third kappa shape index (κ3) is 5.31. The summed E-state index contributed by atoms with van der Waals surface area (Å²) in [6.45, 7) is 2.67. The molecular weight excluding hydrogens is 180 g/mol. The van der Waals surface area contributed by atoms with Gasteiger partial charge in [-0.3, -0.25) is 0 Å². The van der Waals surface area contributed by atoms with E-state index in [1.807, 2.05) is 0 Å². The molecule has 76 valence electrons. The molecule has 0 aliphatic carbocycles. The van der Waals surface area contributed by atoms with Crippen molar-refractivity contribution in [2.24, 2.45) is 5.11 Å². The minimum Gasteiger partial charge on any atom is -0.366 e. The van der Waals surface area contributed by atoms with Crippen molar-refractivity contribution in [3.05, 3.63) is 0 Å². The van der Waals surface area contributed by atoms with Crippen molar-refractivity contribution in [3.8, 4) is 24.7 Å². The summed E-state index contributed by atoms with van der Waals surface area (Å²) in [4.78, 5) is 0. The number of hydrogen-bond acceptors (Lipinski definition) is 4. The van der Waals surface area contributed by atoms with E-state index in [-0.39, 0.29) is 26.4 Å². The number of nitrogens with zero attached hydrogens (tertiary/aromatic N) is 1. The van der Waals surface area contributed by atoms with E-state index in [9.17, 15) is 0 Å². The summed E-state index contributed by atoms with van der Waals surface area (Å²) in [5, 5.41) is 3.43. The van der Waals surface area contributed by atoms with Gasteiger partial charge >= 0.3 is 0 Å². The predicted molar refractivity (Wildman–Crippen MR) is 52.9 cm³/mol. The summed E-state index contributed by atoms with van der Waals surface area (Å²) in [7, 11) is 0. The van der Waals surface area contributed by atoms with Gasteiger partial charge in [0.15, 0.2) is 0 Å². The van der Waals surface area contributed by atoms with E-state index >= 15 is 0 Å². The molecule has 0 aromatic rings. The molecule has 1 N–H and O–H groups in total. The van der Waals surface area contributed by atoms with Gasteiger partial charge in [-0.15, -0.1) is 12.8 Å². The van der Waals surface area contributed by atoms with E-state index in [1.54, 1.807) is 6.92 Å². The van der Waals surface area contributed by atoms with Gasteiger partial charge in [-0.05, 0) is 6.92 Å². The molecule has 0 radical (unpaired) electrons. The van der Waals surface area contributed by atoms with E-state index in [0.29, 0.717) is 0 Å². The van der Waals surface area contributed by atoms with Crippen molar-refractivity contribution in [1.82, 2.24) is 0 Å². The lowest BCUT2D eigenvalue weighted by Crippen LogP contribution is -2.34. The Morgan fingerprint density at radius 2 is 1.64 bits per heavy atom. The van der Waals surface area contributed by atoms with Crippen LogP contribution in [0.5, 0.6) is 0 Å². The first-order chi connectivity index (χ1) is 6.68. The van der Waals surface area contributed by atoms with E-state index in [4.69, 9.17) is 27.9 Å². The number of terminal acetylenes is 2. The molecular formula is C10H14N2O2. The van der Waals surface area contributed by atoms with Crippen LogP contribution in [0, 0.1) is 30.2 Å². The van der Waals surface area contributed by atoms with Gasteiger partial charge in [-0.1, -0.05) is 11.8 Å². The molecule has 0 aromatic heterocycles. The highest BCUT2D eigenvalue weighted by Crippen LogP contribution is 2.10. The first kappa shape index (κ1) is 12.6. The largest absolute Gasteiger partial charge is 0.366 e. The molecule has 0 atom stereocenters. The summed E-state index contributed by atoms with van der Waals surface area (Å²) in [6.07, 6.45) is 10.0. The summed E-state index contributed by atoms with van der Waals surface area (Å²) >= 11 is 0. The number of rotatable bonds is 7. The van der Waals surface area contributed by atoms with Crippen LogP contribution in [0.25, 0.3) is 0 Å². The minimum absolute atomic E-state index is 0.209. The van der Waals surface area contributed by atoms with E-state index in [0.717, 1.165) is 0 Å². The van der Waals surface area contributed by atoms with Crippen molar-refractivity contribution in [3.63, 3.8) is 0 Å². The Morgan fingerprint density at radius 1 is 1.21 bits per heavy atom. The second-order valence-electron chi connectivity index (χ2n) is 3.00. The van der Waals surface area contributed by atoms with Gasteiger partial charge in [0.05, 0.1) is 13.2 Å². The van der Waals surface area contributed by atoms with Gasteiger partial charge in [-0.25, -0.2) is 5.53 Å². The molecule has 0 saturated carbocycles. The third-order valence-corrected chi connectivity index (χ3v) is 1.47. The smallest absolute Gasteiger partial charge is 0.125 e. The number of hydrogen-bond donors (Lipinski definition) is 1. The molecule has 0 aromatic carbocycles. The lowest BCUT2D eigenvalue weighted by molar-refractivity contribution is 0.0482. The molecule has 0 heterocycles. The molecule has 0 fully saturated rings. The Bertz CT molecular complexity index is 230. The zero-order chi connectivity index (χ0) is 10.9. The minimum atomic E-state index is -0.701. The monoisotopic (exact) mass is 194 g/mol. The lowest BCUT2D eigenvalue weighted by atomic mass is 10.1. The van der Waals surface area contributed by atoms with Crippen LogP contribution < -0.4 is 0 Å². The normalized spacial score (nSPS) is 10.2. The van der Waals surface area contributed by atoms with Crippen molar-refractivity contribution < 1.29 is 9.47 Å². The van der Waals surface area contributed by atoms with Gasteiger partial charge in [0.2, 0.25) is 0 Å². The maximum Gasteiger partial charge on any atom is 0.125 e. The van der Waals surface area contributed by atoms with Gasteiger partial charge < -0.3 is 9.47 Å². The molecule has 0 rings (SSSR count). The fraction of sp³-hybridized carbons (Fsp3) is 0.600. The zero-order valence-corrected chi connectivity index (χ0v) is 8.25. The van der Waals surface area contributed by atoms with Crippen molar-refractivity contribution >= 4 is 0 Å². The summed E-state index contributed by atoms with van der Waals surface area (Å²) in [6, 6.07) is 0. The first-order valence-electron chi connectivity index (χ1n) is 4.09. The Morgan fingerprint density at radius 3 is 1.93 bits per heavy atom. The highest BCUT2D eigenvalue weighted by atomic mass is 16.5. The van der Waals surface area contributed by atoms with Crippen LogP contribution in [0.1, 0.15) is 6.92 Å². The van der Waals surface area contributed by atoms with Gasteiger partial charge in [0.25, 0.3) is 0 Å². The quantitative estimate of drug-likeness (QED) is 0.374. The maximum atomic E-state index is 6.99. The Hall–Kier alpha value is -1.36. The average Bonchev–Trinajstić information content (AvgIpc) is 2.19. The topological polar surface area (TPSA) is 54.7 Å². The molecule has 4 heteroatoms. The Balaban J connectivity index is 3.87. The third-order valence-electron chi connectivity index (χ3n) is 1.47. The van der Waals surface area contributed by atoms with E-state index in [2.05, 4.69) is 17.0 Å². The van der Waals surface area contributed by atoms with Crippen LogP contribution in [0.3, 0.4) is 0 Å². The first-order valence-corrected chi connectivity index (χ1v) is 4.09. The van der Waals surface area contributed by atoms with Crippen LogP contribution in [0.4, 0.5) is 0 Å². The zero-order valence-electron chi connectivity index (χ0n) is 8.25. The molecule has 0 saturated heterocycles. The fourth-order valence-corrected chi connectivity index (χ4v) is 0.766. The number of nitrogens with one attached hydrogen (secondary N) is 1. The van der Waals surface area contributed by atoms with E-state index in [1.165, 1.54) is 0 Å². The standard InChI is InChI=1S/C10H14N2O2/c1-4-6-13-8-10(3,12-11)9-14-7-5-2/h1-2,11H,6-9H2,3H3. The fourth-order valence-electron chi connectivity index (χ4n) is 0.766. The van der Waals surface area contributed by atoms with Crippen LogP contribution in [-0.4, -0.2) is 32.0 Å². The van der Waals surface area contributed by atoms with Gasteiger partial charge in [0.1, 0.15) is 18.8 Å². The molecule has 0 aliphatic rings. The number of ether oxygens (including phenoxy) is 2. The van der Waals surface area contributed by atoms with Crippen LogP contribution in [0.2, 0.25) is 0 Å². The van der Waals surface area contributed by atoms with Gasteiger partial charge in [0, 0.05) is 0 Å². The molecule has 0 bridgehead atoms. The van der Waals surface area contributed by atoms with Crippen LogP contribution in [-0.2, 0) is 9.47 Å². The van der Waals surface area contributed by atoms with E-state index < -0.39 is 5.54 Å². The average molecular weight is 194 g/mol. The summed E-state index contributed by atoms with van der Waals surface area (Å²) in [5.74, 6) is 4.67. The van der Waals surface area contributed by atoms with Crippen molar-refractivity contribution in [2.45, 2.75) is 12.5 Å². The summed E-state index contributed by atoms with van der Waals surface area (Å²) < 4.78 is 10.2. The highest BCUT2D eigenvalue weighted by Gasteiger charge is 2.23. The summed E-state index contributed by atoms with van der Waals surface area (Å²) in [5.41, 5.74) is 6.29. The molecule has 4 nitrogen and oxygen atoms in total. The molecule has 0 amide bonds. The van der Waals surface area contributed by atoms with Gasteiger partial charge in [-0.2, -0.15) is 5.11 Å². The van der Waals surface area contributed by atoms with Crippen molar-refractivity contribution in [2.75, 3.05) is 26.4 Å². The van der Waals surface area contributed by atoms with Crippen molar-refractivity contribution in [1.29, 1.82) is 5.53 Å². The second-order valence-corrected chi connectivity index (χ2v) is 3.00. The molecule has 14 heavy (non-hydrogen) atoms. The highest BCUT2D eigenvalue weighted by molar-refractivity contribution is 4.87. The second kappa shape index (κ2) is 7.08. The van der Waals surface area contributed by atoms with Crippen LogP contribution >= 0.6 is 0 Å². The Labute approximate surface area is 84.5 Å². The SMILES string of the molecule is C#CCOCC(C)(COCC#C)N=N. The molecule has 0 unspecified atom stereocenters. The Kier molecular flexibility index (Phi) is 6.39. The predicted octanol–water partition coefficient (Wildman–Crippen LogP) is 1.08.